The van der Waals surface area contributed by atoms with Gasteiger partial charge in [0.2, 0.25) is 11.8 Å². The predicted molar refractivity (Wildman–Crippen MR) is 160 cm³/mol. The van der Waals surface area contributed by atoms with Gasteiger partial charge in [0.05, 0.1) is 31.2 Å². The van der Waals surface area contributed by atoms with Crippen LogP contribution in [0.2, 0.25) is 0 Å². The second-order valence-electron chi connectivity index (χ2n) is 12.7. The molecule has 0 unspecified atom stereocenters. The standard InChI is InChI=1S/C33H43N3O7/c1-19(2)15-23(18-37)36-29-31(40)35(24-16-20(3)11-12-21(24)4)14-8-13-33(29)28(30(36)39)27-25(43-33)9-6-7-10-26(38)34-17-22(5)42-32(27)41/h6,8-9,11-13,16,19,22-23,25,27-29,37H,7,10,14-15,17-18H2,1-5H3,(H,34,38)/b9-6-/t22-,23+,25-,27+,28+,29-,33+/m0/s1. The molecule has 5 rings (SSSR count). The molecule has 0 radical (unpaired) electrons. The summed E-state index contributed by atoms with van der Waals surface area (Å²) in [6, 6.07) is 4.15. The van der Waals surface area contributed by atoms with Gasteiger partial charge in [0.15, 0.2) is 0 Å². The van der Waals surface area contributed by atoms with Crippen LogP contribution in [0.3, 0.4) is 0 Å². The predicted octanol–water partition coefficient (Wildman–Crippen LogP) is 2.59. The number of rotatable bonds is 5. The van der Waals surface area contributed by atoms with E-state index in [-0.39, 0.29) is 43.8 Å². The molecule has 1 aromatic rings. The van der Waals surface area contributed by atoms with Gasteiger partial charge in [0.1, 0.15) is 23.7 Å². The van der Waals surface area contributed by atoms with Crippen LogP contribution in [0.25, 0.3) is 0 Å². The minimum atomic E-state index is -1.46. The van der Waals surface area contributed by atoms with Crippen molar-refractivity contribution in [2.24, 2.45) is 17.8 Å². The monoisotopic (exact) mass is 593 g/mol. The van der Waals surface area contributed by atoms with E-state index in [1.54, 1.807) is 30.1 Å². The molecule has 1 aromatic carbocycles. The molecular formula is C33H43N3O7. The number of cyclic esters (lactones) is 1. The molecule has 43 heavy (non-hydrogen) atoms. The molecule has 2 saturated heterocycles. The highest BCUT2D eigenvalue weighted by Crippen LogP contribution is 2.54. The number of nitrogens with one attached hydrogen (secondary N) is 1. The van der Waals surface area contributed by atoms with Crippen molar-refractivity contribution < 1.29 is 33.8 Å². The Balaban J connectivity index is 1.64. The van der Waals surface area contributed by atoms with E-state index in [2.05, 4.69) is 5.32 Å². The Hall–Kier alpha value is -3.50. The van der Waals surface area contributed by atoms with E-state index in [4.69, 9.17) is 9.47 Å². The van der Waals surface area contributed by atoms with Crippen LogP contribution in [0.15, 0.2) is 42.5 Å². The number of benzene rings is 1. The maximum absolute atomic E-state index is 14.8. The first-order valence-corrected chi connectivity index (χ1v) is 15.3. The molecule has 0 bridgehead atoms. The van der Waals surface area contributed by atoms with Gasteiger partial charge in [0.25, 0.3) is 5.91 Å². The van der Waals surface area contributed by atoms with Crippen LogP contribution >= 0.6 is 0 Å². The third-order valence-electron chi connectivity index (χ3n) is 8.97. The van der Waals surface area contributed by atoms with Crippen LogP contribution in [-0.2, 0) is 28.7 Å². The largest absolute Gasteiger partial charge is 0.460 e. The van der Waals surface area contributed by atoms with E-state index in [0.29, 0.717) is 12.8 Å². The highest BCUT2D eigenvalue weighted by atomic mass is 16.6. The van der Waals surface area contributed by atoms with E-state index in [1.807, 2.05) is 52.0 Å². The van der Waals surface area contributed by atoms with Gasteiger partial charge in [-0.2, -0.15) is 0 Å². The number of carbonyl (C=O) groups excluding carboxylic acids is 4. The van der Waals surface area contributed by atoms with Crippen LogP contribution in [0, 0.1) is 31.6 Å². The number of hydrogen-bond acceptors (Lipinski definition) is 7. The number of likely N-dealkylation sites (tertiary alicyclic amines) is 1. The zero-order chi connectivity index (χ0) is 31.1. The lowest BCUT2D eigenvalue weighted by Gasteiger charge is -2.39. The molecular weight excluding hydrogens is 550 g/mol. The third-order valence-corrected chi connectivity index (χ3v) is 8.97. The Bertz CT molecular complexity index is 1340. The highest BCUT2D eigenvalue weighted by molar-refractivity contribution is 6.06. The van der Waals surface area contributed by atoms with Crippen molar-refractivity contribution in [2.45, 2.75) is 83.8 Å². The Morgan fingerprint density at radius 1 is 1.12 bits per heavy atom. The summed E-state index contributed by atoms with van der Waals surface area (Å²) < 4.78 is 12.5. The van der Waals surface area contributed by atoms with Crippen LogP contribution in [-0.4, -0.2) is 83.3 Å². The maximum atomic E-state index is 14.8. The van der Waals surface area contributed by atoms with Gasteiger partial charge in [0, 0.05) is 18.7 Å². The SMILES string of the molecule is Cc1ccc(C)c(N2CC=C[C@@]34O[C@H]5/C=C\CCC(=O)NC[C@H](C)OC(=O)[C@H]5[C@@H]3C(=O)N([C@@H](CO)CC(C)C)[C@H]4C2=O)c1. The zero-order valence-electron chi connectivity index (χ0n) is 25.6. The number of carbonyl (C=O) groups is 4. The van der Waals surface area contributed by atoms with Crippen molar-refractivity contribution >= 4 is 29.4 Å². The van der Waals surface area contributed by atoms with Crippen molar-refractivity contribution in [3.63, 3.8) is 0 Å². The number of aliphatic hydroxyl groups excluding tert-OH is 1. The quantitative estimate of drug-likeness (QED) is 0.397. The van der Waals surface area contributed by atoms with E-state index in [1.165, 1.54) is 4.90 Å². The summed E-state index contributed by atoms with van der Waals surface area (Å²) in [7, 11) is 0. The molecule has 10 nitrogen and oxygen atoms in total. The minimum Gasteiger partial charge on any atom is -0.460 e. The number of allylic oxidation sites excluding steroid dienone is 1. The number of ether oxygens (including phenoxy) is 2. The molecule has 4 aliphatic rings. The van der Waals surface area contributed by atoms with E-state index in [9.17, 15) is 24.3 Å². The number of nitrogens with zero attached hydrogens (tertiary/aromatic N) is 2. The second-order valence-corrected chi connectivity index (χ2v) is 12.7. The number of amides is 3. The van der Waals surface area contributed by atoms with Gasteiger partial charge in [-0.1, -0.05) is 50.3 Å². The van der Waals surface area contributed by atoms with E-state index < -0.39 is 53.6 Å². The summed E-state index contributed by atoms with van der Waals surface area (Å²) in [5.41, 5.74) is 1.18. The zero-order valence-corrected chi connectivity index (χ0v) is 25.6. The summed E-state index contributed by atoms with van der Waals surface area (Å²) in [5.74, 6) is -3.42. The summed E-state index contributed by atoms with van der Waals surface area (Å²) in [6.07, 6.45) is 6.81. The molecule has 0 aromatic heterocycles. The van der Waals surface area contributed by atoms with Gasteiger partial charge in [-0.3, -0.25) is 19.2 Å². The Kier molecular flexibility index (Phi) is 8.81. The first kappa shape index (κ1) is 30.9. The van der Waals surface area contributed by atoms with Crippen LogP contribution < -0.4 is 10.2 Å². The van der Waals surface area contributed by atoms with Crippen molar-refractivity contribution in [1.29, 1.82) is 0 Å². The minimum absolute atomic E-state index is 0.131. The first-order chi connectivity index (χ1) is 20.5. The molecule has 232 valence electrons. The summed E-state index contributed by atoms with van der Waals surface area (Å²) in [4.78, 5) is 58.5. The molecule has 0 saturated carbocycles. The lowest BCUT2D eigenvalue weighted by molar-refractivity contribution is -0.159. The number of aliphatic hydroxyl groups is 1. The molecule has 10 heteroatoms. The third kappa shape index (κ3) is 5.62. The molecule has 4 aliphatic heterocycles. The fraction of sp³-hybridized carbons (Fsp3) is 0.576. The molecule has 3 amide bonds. The average molecular weight is 594 g/mol. The van der Waals surface area contributed by atoms with Crippen molar-refractivity contribution in [2.75, 3.05) is 24.6 Å². The van der Waals surface area contributed by atoms with Crippen molar-refractivity contribution in [1.82, 2.24) is 10.2 Å². The number of fused-ring (bicyclic) bond motifs is 2. The van der Waals surface area contributed by atoms with Gasteiger partial charge >= 0.3 is 5.97 Å². The van der Waals surface area contributed by atoms with Gasteiger partial charge < -0.3 is 29.7 Å². The molecule has 0 aliphatic carbocycles. The Labute approximate surface area is 253 Å². The lowest BCUT2D eigenvalue weighted by Crippen LogP contribution is -2.58. The number of anilines is 1. The molecule has 2 fully saturated rings. The average Bonchev–Trinajstić information content (AvgIpc) is 3.34. The number of aryl methyl sites for hydroxylation is 2. The van der Waals surface area contributed by atoms with Gasteiger partial charge in [-0.25, -0.2) is 0 Å². The summed E-state index contributed by atoms with van der Waals surface area (Å²) in [6.45, 7) is 9.66. The Morgan fingerprint density at radius 2 is 1.88 bits per heavy atom. The number of hydrogen-bond donors (Lipinski definition) is 2. The Morgan fingerprint density at radius 3 is 2.60 bits per heavy atom. The van der Waals surface area contributed by atoms with Gasteiger partial charge in [-0.05, 0) is 56.7 Å². The molecule has 2 N–H and O–H groups in total. The van der Waals surface area contributed by atoms with Crippen molar-refractivity contribution in [3.8, 4) is 0 Å². The maximum Gasteiger partial charge on any atom is 0.313 e. The van der Waals surface area contributed by atoms with Crippen molar-refractivity contribution in [3.05, 3.63) is 53.6 Å². The summed E-state index contributed by atoms with van der Waals surface area (Å²) in [5, 5.41) is 13.3. The van der Waals surface area contributed by atoms with E-state index >= 15 is 0 Å². The fourth-order valence-electron chi connectivity index (χ4n) is 7.04. The lowest BCUT2D eigenvalue weighted by atomic mass is 9.78. The topological polar surface area (TPSA) is 125 Å². The van der Waals surface area contributed by atoms with Gasteiger partial charge in [-0.15, -0.1) is 0 Å². The fourth-order valence-corrected chi connectivity index (χ4v) is 7.04. The van der Waals surface area contributed by atoms with E-state index in [0.717, 1.165) is 16.8 Å². The highest BCUT2D eigenvalue weighted by Gasteiger charge is 2.72. The van der Waals surface area contributed by atoms with Crippen LogP contribution in [0.1, 0.15) is 51.2 Å². The molecule has 7 atom stereocenters. The number of esters is 1. The first-order valence-electron chi connectivity index (χ1n) is 15.3. The summed E-state index contributed by atoms with van der Waals surface area (Å²) >= 11 is 0. The van der Waals surface area contributed by atoms with Crippen LogP contribution in [0.4, 0.5) is 5.69 Å². The molecule has 1 spiro atoms. The van der Waals surface area contributed by atoms with Crippen LogP contribution in [0.5, 0.6) is 0 Å². The second kappa shape index (κ2) is 12.2. The smallest absolute Gasteiger partial charge is 0.313 e. The molecule has 4 heterocycles. The normalized spacial score (nSPS) is 32.7.